The number of Topliss-reactive ketones (excluding diaryl/α,β-unsaturated/α-hetero) is 2. The quantitative estimate of drug-likeness (QED) is 0.370. The second-order valence-corrected chi connectivity index (χ2v) is 6.85. The van der Waals surface area contributed by atoms with Crippen LogP contribution in [0.5, 0.6) is 0 Å². The number of fused-ring (bicyclic) bond motifs is 1. The van der Waals surface area contributed by atoms with Gasteiger partial charge in [0, 0.05) is 11.8 Å². The van der Waals surface area contributed by atoms with Gasteiger partial charge in [-0.25, -0.2) is 14.8 Å². The summed E-state index contributed by atoms with van der Waals surface area (Å²) >= 11 is 5.04. The molecule has 3 rings (SSSR count). The molecule has 0 saturated heterocycles. The van der Waals surface area contributed by atoms with E-state index in [9.17, 15) is 18.8 Å². The Kier molecular flexibility index (Phi) is 5.33. The van der Waals surface area contributed by atoms with Gasteiger partial charge >= 0.3 is 6.09 Å². The van der Waals surface area contributed by atoms with Gasteiger partial charge in [-0.05, 0) is 31.9 Å². The Hall–Kier alpha value is -2.33. The molecule has 0 bridgehead atoms. The van der Waals surface area contributed by atoms with Gasteiger partial charge in [-0.15, -0.1) is 0 Å². The summed E-state index contributed by atoms with van der Waals surface area (Å²) in [5.74, 6) is -2.34. The predicted molar refractivity (Wildman–Crippen MR) is 95.3 cm³/mol. The van der Waals surface area contributed by atoms with Crippen LogP contribution < -0.4 is 4.31 Å². The van der Waals surface area contributed by atoms with Crippen LogP contribution in [0.25, 0.3) is 0 Å². The SMILES string of the molecule is CCOC(=O)N(S)c1nc2c(s1)C(=O)C(C(=O)c1ccc(F)nc1)CC2. The standard InChI is InChI=1S/C16H14FN3O4S2/c1-2-24-16(23)20(25)15-19-10-5-4-9(13(22)14(10)26-15)12(21)8-3-6-11(17)18-7-8/h3,6-7,9,25H,2,4-5H2,1H3. The molecule has 0 aliphatic heterocycles. The molecule has 136 valence electrons. The van der Waals surface area contributed by atoms with Crippen LogP contribution in [0.4, 0.5) is 14.3 Å². The molecule has 1 aliphatic carbocycles. The minimum Gasteiger partial charge on any atom is -0.449 e. The van der Waals surface area contributed by atoms with Gasteiger partial charge in [-0.3, -0.25) is 9.59 Å². The molecule has 0 radical (unpaired) electrons. The van der Waals surface area contributed by atoms with Crippen molar-refractivity contribution in [2.75, 3.05) is 10.9 Å². The van der Waals surface area contributed by atoms with E-state index in [1.807, 2.05) is 0 Å². The topological polar surface area (TPSA) is 89.5 Å². The number of thiazole rings is 1. The van der Waals surface area contributed by atoms with Crippen molar-refractivity contribution >= 4 is 46.9 Å². The highest BCUT2D eigenvalue weighted by Gasteiger charge is 2.36. The van der Waals surface area contributed by atoms with Crippen LogP contribution in [0.15, 0.2) is 18.3 Å². The number of hydrogen-bond donors (Lipinski definition) is 1. The van der Waals surface area contributed by atoms with Gasteiger partial charge < -0.3 is 4.74 Å². The first kappa shape index (κ1) is 18.5. The van der Waals surface area contributed by atoms with Crippen molar-refractivity contribution < 1.29 is 23.5 Å². The first-order valence-corrected chi connectivity index (χ1v) is 8.99. The summed E-state index contributed by atoms with van der Waals surface area (Å²) in [6.07, 6.45) is 1.12. The monoisotopic (exact) mass is 395 g/mol. The maximum Gasteiger partial charge on any atom is 0.426 e. The number of nitrogens with zero attached hydrogens (tertiary/aromatic N) is 3. The number of halogens is 1. The van der Waals surface area contributed by atoms with Gasteiger partial charge in [0.05, 0.1) is 23.1 Å². The van der Waals surface area contributed by atoms with Crippen molar-refractivity contribution in [1.82, 2.24) is 9.97 Å². The third-order valence-electron chi connectivity index (χ3n) is 3.85. The molecule has 26 heavy (non-hydrogen) atoms. The van der Waals surface area contributed by atoms with Crippen molar-refractivity contribution in [2.45, 2.75) is 19.8 Å². The Labute approximate surface area is 157 Å². The Bertz CT molecular complexity index is 869. The molecule has 10 heteroatoms. The molecule has 0 saturated carbocycles. The first-order chi connectivity index (χ1) is 12.4. The molecule has 2 aromatic rings. The summed E-state index contributed by atoms with van der Waals surface area (Å²) in [7, 11) is 0. The van der Waals surface area contributed by atoms with Gasteiger partial charge in [0.15, 0.2) is 11.6 Å². The number of ketones is 2. The lowest BCUT2D eigenvalue weighted by atomic mass is 9.84. The van der Waals surface area contributed by atoms with E-state index < -0.39 is 23.7 Å². The maximum absolute atomic E-state index is 12.9. The fraction of sp³-hybridized carbons (Fsp3) is 0.312. The van der Waals surface area contributed by atoms with E-state index in [0.717, 1.165) is 27.9 Å². The van der Waals surface area contributed by atoms with E-state index in [2.05, 4.69) is 22.8 Å². The van der Waals surface area contributed by atoms with Crippen LogP contribution in [0.1, 0.15) is 39.1 Å². The van der Waals surface area contributed by atoms with E-state index in [0.29, 0.717) is 17.0 Å². The number of thiol groups is 1. The van der Waals surface area contributed by atoms with Gasteiger partial charge in [0.1, 0.15) is 0 Å². The Balaban J connectivity index is 1.83. The number of hydrogen-bond acceptors (Lipinski definition) is 8. The average molecular weight is 395 g/mol. The summed E-state index contributed by atoms with van der Waals surface area (Å²) in [6, 6.07) is 2.39. The second kappa shape index (κ2) is 7.50. The minimum atomic E-state index is -0.876. The van der Waals surface area contributed by atoms with Crippen LogP contribution in [0, 0.1) is 11.9 Å². The van der Waals surface area contributed by atoms with Gasteiger partial charge in [-0.2, -0.15) is 8.70 Å². The lowest BCUT2D eigenvalue weighted by Crippen LogP contribution is -2.29. The fourth-order valence-electron chi connectivity index (χ4n) is 2.60. The Morgan fingerprint density at radius 2 is 2.23 bits per heavy atom. The fourth-order valence-corrected chi connectivity index (χ4v) is 3.83. The molecular formula is C16H14FN3O4S2. The highest BCUT2D eigenvalue weighted by Crippen LogP contribution is 2.36. The number of carbonyl (C=O) groups is 3. The van der Waals surface area contributed by atoms with E-state index >= 15 is 0 Å². The van der Waals surface area contributed by atoms with E-state index in [1.165, 1.54) is 6.07 Å². The highest BCUT2D eigenvalue weighted by atomic mass is 32.1. The molecule has 1 aliphatic rings. The molecule has 0 fully saturated rings. The molecule has 1 atom stereocenters. The van der Waals surface area contributed by atoms with Gasteiger partial charge in [-0.1, -0.05) is 24.2 Å². The molecule has 0 aromatic carbocycles. The average Bonchev–Trinajstić information content (AvgIpc) is 3.07. The number of anilines is 1. The molecule has 1 amide bonds. The molecule has 0 spiro atoms. The molecular weight excluding hydrogens is 381 g/mol. The Morgan fingerprint density at radius 3 is 2.88 bits per heavy atom. The number of pyridine rings is 1. The van der Waals surface area contributed by atoms with Crippen LogP contribution in [-0.4, -0.2) is 34.2 Å². The summed E-state index contributed by atoms with van der Waals surface area (Å²) in [6.45, 7) is 1.85. The number of rotatable bonds is 4. The summed E-state index contributed by atoms with van der Waals surface area (Å²) < 4.78 is 18.7. The summed E-state index contributed by atoms with van der Waals surface area (Å²) in [5, 5.41) is 0.210. The summed E-state index contributed by atoms with van der Waals surface area (Å²) in [4.78, 5) is 45.1. The number of aryl methyl sites for hydroxylation is 1. The van der Waals surface area contributed by atoms with Crippen LogP contribution in [-0.2, 0) is 11.2 Å². The molecule has 1 unspecified atom stereocenters. The Morgan fingerprint density at radius 1 is 1.46 bits per heavy atom. The van der Waals surface area contributed by atoms with Crippen LogP contribution >= 0.6 is 24.2 Å². The third kappa shape index (κ3) is 3.47. The maximum atomic E-state index is 12.9. The smallest absolute Gasteiger partial charge is 0.426 e. The molecule has 2 aromatic heterocycles. The van der Waals surface area contributed by atoms with Gasteiger partial charge in [0.25, 0.3) is 0 Å². The highest BCUT2D eigenvalue weighted by molar-refractivity contribution is 7.83. The summed E-state index contributed by atoms with van der Waals surface area (Å²) in [5.41, 5.74) is 0.708. The lowest BCUT2D eigenvalue weighted by Gasteiger charge is -2.18. The van der Waals surface area contributed by atoms with Gasteiger partial charge in [0.2, 0.25) is 11.1 Å². The zero-order valence-electron chi connectivity index (χ0n) is 13.6. The number of aromatic nitrogens is 2. The minimum absolute atomic E-state index is 0.181. The number of carbonyl (C=O) groups excluding carboxylic acids is 3. The van der Waals surface area contributed by atoms with E-state index in [1.54, 1.807) is 6.92 Å². The van der Waals surface area contributed by atoms with Crippen molar-refractivity contribution in [3.63, 3.8) is 0 Å². The zero-order chi connectivity index (χ0) is 18.8. The molecule has 0 N–H and O–H groups in total. The number of amides is 1. The van der Waals surface area contributed by atoms with Crippen LogP contribution in [0.2, 0.25) is 0 Å². The second-order valence-electron chi connectivity index (χ2n) is 5.47. The third-order valence-corrected chi connectivity index (χ3v) is 5.43. The normalized spacial score (nSPS) is 16.1. The van der Waals surface area contributed by atoms with Crippen molar-refractivity contribution in [3.05, 3.63) is 40.4 Å². The number of ether oxygens (including phenoxy) is 1. The van der Waals surface area contributed by atoms with E-state index in [4.69, 9.17) is 4.74 Å². The van der Waals surface area contributed by atoms with Crippen LogP contribution in [0.3, 0.4) is 0 Å². The van der Waals surface area contributed by atoms with Crippen molar-refractivity contribution in [1.29, 1.82) is 0 Å². The van der Waals surface area contributed by atoms with E-state index in [-0.39, 0.29) is 29.5 Å². The largest absolute Gasteiger partial charge is 0.449 e. The zero-order valence-corrected chi connectivity index (χ0v) is 15.3. The predicted octanol–water partition coefficient (Wildman–Crippen LogP) is 3.11. The molecule has 7 nitrogen and oxygen atoms in total. The van der Waals surface area contributed by atoms with Crippen molar-refractivity contribution in [3.8, 4) is 0 Å². The first-order valence-electron chi connectivity index (χ1n) is 7.77. The van der Waals surface area contributed by atoms with Crippen molar-refractivity contribution in [2.24, 2.45) is 5.92 Å². The molecule has 2 heterocycles. The lowest BCUT2D eigenvalue weighted by molar-refractivity contribution is 0.0792.